The lowest BCUT2D eigenvalue weighted by Gasteiger charge is -2.28. The van der Waals surface area contributed by atoms with Gasteiger partial charge in [0.05, 0.1) is 18.5 Å². The van der Waals surface area contributed by atoms with Crippen LogP contribution < -0.4 is 4.72 Å². The van der Waals surface area contributed by atoms with Crippen LogP contribution in [0.25, 0.3) is 0 Å². The van der Waals surface area contributed by atoms with Crippen molar-refractivity contribution >= 4 is 26.0 Å². The number of rotatable bonds is 7. The van der Waals surface area contributed by atoms with E-state index in [0.29, 0.717) is 0 Å². The molecular formula is C10H22BrNO3S. The Morgan fingerprint density at radius 3 is 2.19 bits per heavy atom. The fourth-order valence-electron chi connectivity index (χ4n) is 0.927. The molecule has 1 N–H and O–H groups in total. The zero-order valence-electron chi connectivity index (χ0n) is 10.6. The summed E-state index contributed by atoms with van der Waals surface area (Å²) in [5, 5.41) is 0. The largest absolute Gasteiger partial charge is 0.378 e. The minimum absolute atomic E-state index is 0.00563. The SMILES string of the molecule is CC(C)OCCS(=O)(=O)NC(C)(C)C(C)Br. The molecule has 0 saturated heterocycles. The van der Waals surface area contributed by atoms with Crippen molar-refractivity contribution in [3.63, 3.8) is 0 Å². The maximum atomic E-state index is 11.7. The summed E-state index contributed by atoms with van der Waals surface area (Å²) in [6.07, 6.45) is 0.0540. The van der Waals surface area contributed by atoms with Crippen LogP contribution in [0, 0.1) is 0 Å². The van der Waals surface area contributed by atoms with Gasteiger partial charge in [-0.05, 0) is 27.7 Å². The van der Waals surface area contributed by atoms with Crippen LogP contribution in [0.4, 0.5) is 0 Å². The number of sulfonamides is 1. The van der Waals surface area contributed by atoms with Gasteiger partial charge in [-0.2, -0.15) is 0 Å². The number of halogens is 1. The Kier molecular flexibility index (Phi) is 6.47. The van der Waals surface area contributed by atoms with Gasteiger partial charge in [-0.3, -0.25) is 0 Å². The van der Waals surface area contributed by atoms with Crippen molar-refractivity contribution in [2.45, 2.75) is 51.1 Å². The Morgan fingerprint density at radius 2 is 1.81 bits per heavy atom. The highest BCUT2D eigenvalue weighted by atomic mass is 79.9. The molecule has 1 unspecified atom stereocenters. The lowest BCUT2D eigenvalue weighted by atomic mass is 10.0. The highest BCUT2D eigenvalue weighted by Crippen LogP contribution is 2.17. The second-order valence-corrected chi connectivity index (χ2v) is 7.89. The van der Waals surface area contributed by atoms with Crippen molar-refractivity contribution in [2.75, 3.05) is 12.4 Å². The monoisotopic (exact) mass is 315 g/mol. The molecular weight excluding hydrogens is 294 g/mol. The maximum absolute atomic E-state index is 11.7. The Balaban J connectivity index is 4.26. The average molecular weight is 316 g/mol. The predicted octanol–water partition coefficient (Wildman–Crippen LogP) is 1.89. The molecule has 0 aliphatic carbocycles. The molecule has 0 aromatic carbocycles. The third-order valence-corrected chi connectivity index (χ3v) is 4.90. The van der Waals surface area contributed by atoms with E-state index in [0.717, 1.165) is 0 Å². The van der Waals surface area contributed by atoms with E-state index in [4.69, 9.17) is 4.74 Å². The predicted molar refractivity (Wildman–Crippen MR) is 70.5 cm³/mol. The Bertz CT molecular complexity index is 299. The van der Waals surface area contributed by atoms with Crippen LogP contribution in [0.3, 0.4) is 0 Å². The van der Waals surface area contributed by atoms with E-state index in [9.17, 15) is 8.42 Å². The standard InChI is InChI=1S/C10H22BrNO3S/c1-8(2)15-6-7-16(13,14)12-10(4,5)9(3)11/h8-9,12H,6-7H2,1-5H3. The zero-order valence-corrected chi connectivity index (χ0v) is 13.0. The molecule has 0 spiro atoms. The van der Waals surface area contributed by atoms with E-state index in [1.54, 1.807) is 0 Å². The fraction of sp³-hybridized carbons (Fsp3) is 1.00. The molecule has 0 radical (unpaired) electrons. The number of alkyl halides is 1. The normalized spacial score (nSPS) is 15.4. The summed E-state index contributed by atoms with van der Waals surface area (Å²) in [4.78, 5) is 0.0563. The molecule has 6 heteroatoms. The van der Waals surface area contributed by atoms with E-state index < -0.39 is 15.6 Å². The quantitative estimate of drug-likeness (QED) is 0.730. The third kappa shape index (κ3) is 6.83. The minimum atomic E-state index is -3.28. The zero-order chi connectivity index (χ0) is 13.0. The Labute approximate surface area is 107 Å². The molecule has 98 valence electrons. The molecule has 16 heavy (non-hydrogen) atoms. The molecule has 0 amide bonds. The van der Waals surface area contributed by atoms with Crippen LogP contribution >= 0.6 is 15.9 Å². The molecule has 0 heterocycles. The van der Waals surface area contributed by atoms with Gasteiger partial charge in [0.1, 0.15) is 0 Å². The molecule has 0 saturated carbocycles. The summed E-state index contributed by atoms with van der Waals surface area (Å²) in [5.74, 6) is -0.00563. The second-order valence-electron chi connectivity index (χ2n) is 4.68. The van der Waals surface area contributed by atoms with Gasteiger partial charge in [-0.1, -0.05) is 22.9 Å². The van der Waals surface area contributed by atoms with Gasteiger partial charge in [0.2, 0.25) is 10.0 Å². The van der Waals surface area contributed by atoms with E-state index in [1.807, 2.05) is 34.6 Å². The lowest BCUT2D eigenvalue weighted by molar-refractivity contribution is 0.0910. The van der Waals surface area contributed by atoms with Crippen molar-refractivity contribution < 1.29 is 13.2 Å². The number of nitrogens with one attached hydrogen (secondary N) is 1. The summed E-state index contributed by atoms with van der Waals surface area (Å²) in [5.41, 5.74) is -0.503. The molecule has 0 fully saturated rings. The van der Waals surface area contributed by atoms with Crippen LogP contribution in [0.5, 0.6) is 0 Å². The first-order valence-corrected chi connectivity index (χ1v) is 7.91. The highest BCUT2D eigenvalue weighted by Gasteiger charge is 2.28. The third-order valence-electron chi connectivity index (χ3n) is 2.22. The van der Waals surface area contributed by atoms with Crippen molar-refractivity contribution in [1.29, 1.82) is 0 Å². The summed E-state index contributed by atoms with van der Waals surface area (Å²) in [6, 6.07) is 0. The van der Waals surface area contributed by atoms with Crippen LogP contribution in [0.15, 0.2) is 0 Å². The van der Waals surface area contributed by atoms with Gasteiger partial charge in [0.15, 0.2) is 0 Å². The van der Waals surface area contributed by atoms with Crippen molar-refractivity contribution in [3.05, 3.63) is 0 Å². The first-order valence-electron chi connectivity index (χ1n) is 5.34. The van der Waals surface area contributed by atoms with Gasteiger partial charge in [0.25, 0.3) is 0 Å². The van der Waals surface area contributed by atoms with Gasteiger partial charge in [0, 0.05) is 10.4 Å². The summed E-state index contributed by atoms with van der Waals surface area (Å²) in [6.45, 7) is 9.57. The first kappa shape index (κ1) is 16.4. The van der Waals surface area contributed by atoms with E-state index in [1.165, 1.54) is 0 Å². The molecule has 0 aliphatic rings. The topological polar surface area (TPSA) is 55.4 Å². The van der Waals surface area contributed by atoms with Gasteiger partial charge >= 0.3 is 0 Å². The van der Waals surface area contributed by atoms with Crippen molar-refractivity contribution in [1.82, 2.24) is 4.72 Å². The average Bonchev–Trinajstić information content (AvgIpc) is 1.99. The lowest BCUT2D eigenvalue weighted by Crippen LogP contribution is -2.49. The van der Waals surface area contributed by atoms with Crippen LogP contribution in [0.1, 0.15) is 34.6 Å². The second kappa shape index (κ2) is 6.33. The van der Waals surface area contributed by atoms with Gasteiger partial charge < -0.3 is 4.74 Å². The molecule has 0 aliphatic heterocycles. The number of hydrogen-bond acceptors (Lipinski definition) is 3. The van der Waals surface area contributed by atoms with Crippen LogP contribution in [-0.4, -0.2) is 37.2 Å². The van der Waals surface area contributed by atoms with Crippen LogP contribution in [-0.2, 0) is 14.8 Å². The minimum Gasteiger partial charge on any atom is -0.378 e. The van der Waals surface area contributed by atoms with Crippen LogP contribution in [0.2, 0.25) is 0 Å². The number of ether oxygens (including phenoxy) is 1. The highest BCUT2D eigenvalue weighted by molar-refractivity contribution is 9.09. The summed E-state index contributed by atoms with van der Waals surface area (Å²) in [7, 11) is -3.28. The molecule has 0 aromatic rings. The maximum Gasteiger partial charge on any atom is 0.214 e. The molecule has 4 nitrogen and oxygen atoms in total. The van der Waals surface area contributed by atoms with E-state index >= 15 is 0 Å². The smallest absolute Gasteiger partial charge is 0.214 e. The van der Waals surface area contributed by atoms with Gasteiger partial charge in [-0.15, -0.1) is 0 Å². The Morgan fingerprint density at radius 1 is 1.31 bits per heavy atom. The van der Waals surface area contributed by atoms with E-state index in [-0.39, 0.29) is 23.3 Å². The number of hydrogen-bond donors (Lipinski definition) is 1. The molecule has 1 atom stereocenters. The van der Waals surface area contributed by atoms with Crippen molar-refractivity contribution in [3.8, 4) is 0 Å². The Hall–Kier alpha value is 0.350. The summed E-state index contributed by atoms with van der Waals surface area (Å²) < 4.78 is 31.3. The van der Waals surface area contributed by atoms with Crippen molar-refractivity contribution in [2.24, 2.45) is 0 Å². The molecule has 0 bridgehead atoms. The van der Waals surface area contributed by atoms with E-state index in [2.05, 4.69) is 20.7 Å². The van der Waals surface area contributed by atoms with Gasteiger partial charge in [-0.25, -0.2) is 13.1 Å². The first-order chi connectivity index (χ1) is 7.07. The fourth-order valence-corrected chi connectivity index (χ4v) is 2.59. The molecule has 0 rings (SSSR count). The molecule has 0 aromatic heterocycles. The summed E-state index contributed by atoms with van der Waals surface area (Å²) >= 11 is 3.38.